The number of hydrogen-bond donors (Lipinski definition) is 1. The van der Waals surface area contributed by atoms with Crippen LogP contribution < -0.4 is 10.2 Å². The van der Waals surface area contributed by atoms with Crippen molar-refractivity contribution < 1.29 is 9.53 Å². The number of piperidine rings is 1. The first kappa shape index (κ1) is 16.3. The van der Waals surface area contributed by atoms with E-state index < -0.39 is 0 Å². The van der Waals surface area contributed by atoms with E-state index in [0.717, 1.165) is 23.3 Å². The van der Waals surface area contributed by atoms with E-state index in [4.69, 9.17) is 17.0 Å². The minimum absolute atomic E-state index is 0.256. The highest BCUT2D eigenvalue weighted by molar-refractivity contribution is 8.23. The lowest BCUT2D eigenvalue weighted by molar-refractivity contribution is 0.0955. The summed E-state index contributed by atoms with van der Waals surface area (Å²) < 4.78 is 6.62. The number of hydrazone groups is 1. The summed E-state index contributed by atoms with van der Waals surface area (Å²) in [5.41, 5.74) is 3.00. The van der Waals surface area contributed by atoms with Crippen LogP contribution in [0.15, 0.2) is 29.4 Å². The molecule has 0 spiro atoms. The number of nitrogens with zero attached hydrogens (tertiary/aromatic N) is 2. The number of hydrogen-bond acceptors (Lipinski definition) is 5. The Morgan fingerprint density at radius 2 is 2.17 bits per heavy atom. The second kappa shape index (κ2) is 7.31. The van der Waals surface area contributed by atoms with E-state index in [-0.39, 0.29) is 5.91 Å². The predicted molar refractivity (Wildman–Crippen MR) is 97.0 cm³/mol. The molecule has 1 aromatic rings. The number of nitrogens with one attached hydrogen (secondary N) is 1. The van der Waals surface area contributed by atoms with E-state index in [2.05, 4.69) is 22.4 Å². The number of benzene rings is 1. The zero-order valence-corrected chi connectivity index (χ0v) is 14.6. The summed E-state index contributed by atoms with van der Waals surface area (Å²) in [5, 5.41) is 4.04. The molecule has 23 heavy (non-hydrogen) atoms. The number of carbonyl (C=O) groups is 1. The van der Waals surface area contributed by atoms with E-state index >= 15 is 0 Å². The van der Waals surface area contributed by atoms with Crippen molar-refractivity contribution in [3.63, 3.8) is 0 Å². The molecule has 0 atom stereocenters. The minimum Gasteiger partial charge on any atom is -0.440 e. The van der Waals surface area contributed by atoms with Crippen LogP contribution in [0.2, 0.25) is 0 Å². The van der Waals surface area contributed by atoms with Gasteiger partial charge in [-0.2, -0.15) is 0 Å². The highest BCUT2D eigenvalue weighted by atomic mass is 32.2. The first-order chi connectivity index (χ1) is 11.1. The van der Waals surface area contributed by atoms with E-state index in [1.54, 1.807) is 18.2 Å². The Balaban J connectivity index is 1.58. The first-order valence-electron chi connectivity index (χ1n) is 7.69. The monoisotopic (exact) mass is 349 g/mol. The molecular weight excluding hydrogens is 330 g/mol. The fourth-order valence-corrected chi connectivity index (χ4v) is 3.63. The smallest absolute Gasteiger partial charge is 0.275 e. The molecule has 2 aliphatic heterocycles. The van der Waals surface area contributed by atoms with Crippen molar-refractivity contribution in [1.29, 1.82) is 0 Å². The number of para-hydroxylation sites is 1. The molecule has 1 amide bonds. The van der Waals surface area contributed by atoms with Gasteiger partial charge in [-0.05, 0) is 30.9 Å². The second-order valence-electron chi connectivity index (χ2n) is 5.77. The number of ether oxygens (including phenoxy) is 1. The summed E-state index contributed by atoms with van der Waals surface area (Å²) in [6.07, 6.45) is 2.36. The molecule has 3 rings (SSSR count). The van der Waals surface area contributed by atoms with Crippen LogP contribution in [0.5, 0.6) is 5.75 Å². The summed E-state index contributed by atoms with van der Waals surface area (Å²) in [4.78, 5) is 14.2. The van der Waals surface area contributed by atoms with Crippen molar-refractivity contribution in [3.05, 3.63) is 29.8 Å². The molecule has 2 heterocycles. The molecule has 1 fully saturated rings. The molecule has 0 radical (unpaired) electrons. The molecule has 0 aromatic heterocycles. The van der Waals surface area contributed by atoms with Gasteiger partial charge in [0.25, 0.3) is 5.91 Å². The van der Waals surface area contributed by atoms with Gasteiger partial charge in [-0.1, -0.05) is 43.0 Å². The van der Waals surface area contributed by atoms with Crippen LogP contribution in [0.3, 0.4) is 0 Å². The standard InChI is InChI=1S/C16H19N3O2S2/c1-11-6-8-19(9-7-11)16(22)23-10-14-17-18-15(20)12-4-2-3-5-13(12)21-14/h2-5,11H,6-10H2,1H3,(H,18,20). The average Bonchev–Trinajstić information content (AvgIpc) is 2.73. The van der Waals surface area contributed by atoms with Crippen LogP contribution in [0.1, 0.15) is 30.1 Å². The molecule has 0 saturated carbocycles. The Labute approximate surface area is 145 Å². The number of likely N-dealkylation sites (tertiary alicyclic amines) is 1. The second-order valence-corrected chi connectivity index (χ2v) is 7.38. The van der Waals surface area contributed by atoms with Crippen molar-refractivity contribution in [2.75, 3.05) is 18.8 Å². The van der Waals surface area contributed by atoms with E-state index in [1.165, 1.54) is 24.6 Å². The Bertz CT molecular complexity index is 640. The van der Waals surface area contributed by atoms with E-state index in [9.17, 15) is 4.79 Å². The van der Waals surface area contributed by atoms with Crippen LogP contribution >= 0.6 is 24.0 Å². The van der Waals surface area contributed by atoms with Gasteiger partial charge in [-0.3, -0.25) is 4.79 Å². The van der Waals surface area contributed by atoms with Gasteiger partial charge >= 0.3 is 0 Å². The van der Waals surface area contributed by atoms with Gasteiger partial charge in [-0.15, -0.1) is 5.10 Å². The lowest BCUT2D eigenvalue weighted by Crippen LogP contribution is -2.36. The lowest BCUT2D eigenvalue weighted by Gasteiger charge is -2.31. The largest absolute Gasteiger partial charge is 0.440 e. The average molecular weight is 349 g/mol. The quantitative estimate of drug-likeness (QED) is 0.832. The molecule has 0 aliphatic carbocycles. The molecule has 0 bridgehead atoms. The van der Waals surface area contributed by atoms with Crippen molar-refractivity contribution in [2.24, 2.45) is 11.0 Å². The number of thiocarbonyl (C=S) groups is 1. The molecule has 122 valence electrons. The SMILES string of the molecule is CC1CCN(C(=S)SCC2=NNC(=O)c3ccccc3O2)CC1. The molecule has 1 aromatic carbocycles. The molecule has 1 N–H and O–H groups in total. The summed E-state index contributed by atoms with van der Waals surface area (Å²) in [7, 11) is 0. The Morgan fingerprint density at radius 1 is 1.43 bits per heavy atom. The van der Waals surface area contributed by atoms with Crippen LogP contribution in [-0.4, -0.2) is 39.9 Å². The van der Waals surface area contributed by atoms with Crippen LogP contribution in [-0.2, 0) is 0 Å². The fourth-order valence-electron chi connectivity index (χ4n) is 2.53. The number of fused-ring (bicyclic) bond motifs is 1. The Hall–Kier alpha value is -1.60. The minimum atomic E-state index is -0.256. The van der Waals surface area contributed by atoms with Gasteiger partial charge in [0.05, 0.1) is 11.3 Å². The highest BCUT2D eigenvalue weighted by Gasteiger charge is 2.21. The summed E-state index contributed by atoms with van der Waals surface area (Å²) in [6.45, 7) is 4.31. The molecular formula is C16H19N3O2S2. The molecule has 0 unspecified atom stereocenters. The summed E-state index contributed by atoms with van der Waals surface area (Å²) in [6, 6.07) is 7.12. The number of thioether (sulfide) groups is 1. The van der Waals surface area contributed by atoms with Crippen molar-refractivity contribution in [3.8, 4) is 5.75 Å². The predicted octanol–water partition coefficient (Wildman–Crippen LogP) is 2.87. The van der Waals surface area contributed by atoms with Gasteiger partial charge in [-0.25, -0.2) is 5.43 Å². The number of carbonyl (C=O) groups excluding carboxylic acids is 1. The molecule has 5 nitrogen and oxygen atoms in total. The van der Waals surface area contributed by atoms with E-state index in [1.807, 2.05) is 6.07 Å². The Morgan fingerprint density at radius 3 is 2.96 bits per heavy atom. The van der Waals surface area contributed by atoms with Gasteiger partial charge in [0.1, 0.15) is 10.1 Å². The maximum Gasteiger partial charge on any atom is 0.275 e. The van der Waals surface area contributed by atoms with Crippen LogP contribution in [0.4, 0.5) is 0 Å². The van der Waals surface area contributed by atoms with Gasteiger partial charge in [0.2, 0.25) is 5.90 Å². The maximum atomic E-state index is 11.9. The summed E-state index contributed by atoms with van der Waals surface area (Å²) in [5.74, 6) is 2.01. The topological polar surface area (TPSA) is 53.9 Å². The third-order valence-electron chi connectivity index (χ3n) is 4.00. The fraction of sp³-hybridized carbons (Fsp3) is 0.438. The summed E-state index contributed by atoms with van der Waals surface area (Å²) >= 11 is 7.03. The van der Waals surface area contributed by atoms with Gasteiger partial charge < -0.3 is 9.64 Å². The first-order valence-corrected chi connectivity index (χ1v) is 9.08. The van der Waals surface area contributed by atoms with Crippen molar-refractivity contribution >= 4 is 40.1 Å². The van der Waals surface area contributed by atoms with Crippen molar-refractivity contribution in [2.45, 2.75) is 19.8 Å². The third kappa shape index (κ3) is 4.03. The zero-order chi connectivity index (χ0) is 16.2. The molecule has 1 saturated heterocycles. The Kier molecular flexibility index (Phi) is 5.17. The van der Waals surface area contributed by atoms with E-state index in [0.29, 0.717) is 23.0 Å². The number of amides is 1. The highest BCUT2D eigenvalue weighted by Crippen LogP contribution is 2.23. The third-order valence-corrected chi connectivity index (χ3v) is 5.51. The zero-order valence-electron chi connectivity index (χ0n) is 12.9. The van der Waals surface area contributed by atoms with Crippen molar-refractivity contribution in [1.82, 2.24) is 10.3 Å². The maximum absolute atomic E-state index is 11.9. The lowest BCUT2D eigenvalue weighted by atomic mass is 10.00. The molecule has 7 heteroatoms. The van der Waals surface area contributed by atoms with Gasteiger partial charge in [0, 0.05) is 13.1 Å². The van der Waals surface area contributed by atoms with Gasteiger partial charge in [0.15, 0.2) is 0 Å². The van der Waals surface area contributed by atoms with Crippen LogP contribution in [0.25, 0.3) is 0 Å². The molecule has 2 aliphatic rings. The van der Waals surface area contributed by atoms with Crippen LogP contribution in [0, 0.1) is 5.92 Å². The normalized spacial score (nSPS) is 18.4. The number of rotatable bonds is 2.